The van der Waals surface area contributed by atoms with E-state index in [0.717, 1.165) is 38.5 Å². The third kappa shape index (κ3) is 76.4. The normalized spacial score (nSPS) is 11.2. The second kappa shape index (κ2) is 75.4. The van der Waals surface area contributed by atoms with Crippen LogP contribution >= 0.6 is 0 Å². The molecule has 0 aliphatic rings. The second-order valence-electron chi connectivity index (χ2n) is 25.1. The number of unbranched alkanes of at least 4 members (excludes halogenated alkanes) is 57. The fraction of sp³-hybridized carbons (Fsp3) is 0.959. The van der Waals surface area contributed by atoms with Crippen molar-refractivity contribution < 1.29 is 28.6 Å². The van der Waals surface area contributed by atoms with Crippen LogP contribution in [0.3, 0.4) is 0 Å². The van der Waals surface area contributed by atoms with Crippen LogP contribution in [0.4, 0.5) is 0 Å². The Morgan fingerprint density at radius 3 is 0.450 bits per heavy atom. The molecule has 0 N–H and O–H groups in total. The Hall–Kier alpha value is -1.59. The first-order valence-corrected chi connectivity index (χ1v) is 37.0. The summed E-state index contributed by atoms with van der Waals surface area (Å²) in [7, 11) is 0. The molecule has 0 atom stereocenters. The Labute approximate surface area is 502 Å². The standard InChI is InChI=1S/C38H74O4.C36H72O2/c1-3-5-7-9-11-13-15-17-19-21-23-25-27-29-31-33-37(39)41-35-36-42-38(40)34-32-30-28-26-24-22-20-18-16-14-12-10-8-6-4-2;1-3-5-7-9-11-13-15-17-19-21-23-25-27-29-31-33-35-38-36(37)34-32-30-28-26-24-22-20-18-16-14-12-10-8-6-4-2/h3-36H2,1-2H3;3-35H2,1-2H3. The Morgan fingerprint density at radius 1 is 0.163 bits per heavy atom. The molecule has 0 rings (SSSR count). The maximum atomic E-state index is 11.9. The molecule has 0 amide bonds. The first-order chi connectivity index (χ1) is 39.5. The van der Waals surface area contributed by atoms with Crippen molar-refractivity contribution >= 4 is 17.9 Å². The summed E-state index contributed by atoms with van der Waals surface area (Å²) < 4.78 is 15.9. The van der Waals surface area contributed by atoms with E-state index in [2.05, 4.69) is 27.7 Å². The van der Waals surface area contributed by atoms with Gasteiger partial charge in [0.2, 0.25) is 0 Å². The minimum atomic E-state index is -0.164. The summed E-state index contributed by atoms with van der Waals surface area (Å²) in [5.74, 6) is -0.299. The smallest absolute Gasteiger partial charge is 0.305 e. The summed E-state index contributed by atoms with van der Waals surface area (Å²) in [5.41, 5.74) is 0. The van der Waals surface area contributed by atoms with E-state index in [4.69, 9.17) is 14.2 Å². The molecule has 0 aliphatic carbocycles. The van der Waals surface area contributed by atoms with Gasteiger partial charge in [0, 0.05) is 19.3 Å². The predicted octanol–water partition coefficient (Wildman–Crippen LogP) is 25.6. The van der Waals surface area contributed by atoms with E-state index in [1.807, 2.05) is 0 Å². The minimum absolute atomic E-state index is 0.0284. The zero-order valence-electron chi connectivity index (χ0n) is 55.3. The molecule has 80 heavy (non-hydrogen) atoms. The van der Waals surface area contributed by atoms with Crippen LogP contribution in [0, 0.1) is 0 Å². The van der Waals surface area contributed by atoms with Crippen LogP contribution in [0.2, 0.25) is 0 Å². The zero-order chi connectivity index (χ0) is 58.2. The maximum Gasteiger partial charge on any atom is 0.305 e. The molecule has 0 saturated carbocycles. The van der Waals surface area contributed by atoms with E-state index in [1.54, 1.807) is 0 Å². The van der Waals surface area contributed by atoms with Crippen molar-refractivity contribution in [2.24, 2.45) is 0 Å². The summed E-state index contributed by atoms with van der Waals surface area (Å²) >= 11 is 0. The van der Waals surface area contributed by atoms with E-state index in [9.17, 15) is 14.4 Å². The molecule has 6 heteroatoms. The van der Waals surface area contributed by atoms with E-state index in [0.29, 0.717) is 25.9 Å². The van der Waals surface area contributed by atoms with Crippen LogP contribution < -0.4 is 0 Å². The Kier molecular flexibility index (Phi) is 75.9. The monoisotopic (exact) mass is 1130 g/mol. The molecule has 0 saturated heterocycles. The molecule has 0 aromatic carbocycles. The lowest BCUT2D eigenvalue weighted by Gasteiger charge is -2.07. The summed E-state index contributed by atoms with van der Waals surface area (Å²) in [6.45, 7) is 10.1. The third-order valence-corrected chi connectivity index (χ3v) is 16.8. The van der Waals surface area contributed by atoms with Gasteiger partial charge in [0.25, 0.3) is 0 Å². The van der Waals surface area contributed by atoms with Crippen LogP contribution in [0.25, 0.3) is 0 Å². The lowest BCUT2D eigenvalue weighted by atomic mass is 10.0. The average molecular weight is 1130 g/mol. The van der Waals surface area contributed by atoms with Crippen molar-refractivity contribution in [3.63, 3.8) is 0 Å². The van der Waals surface area contributed by atoms with Gasteiger partial charge in [0.1, 0.15) is 13.2 Å². The van der Waals surface area contributed by atoms with Gasteiger partial charge in [-0.3, -0.25) is 14.4 Å². The Balaban J connectivity index is 0. The molecule has 0 aliphatic heterocycles. The van der Waals surface area contributed by atoms with Crippen molar-refractivity contribution in [3.8, 4) is 0 Å². The van der Waals surface area contributed by atoms with E-state index < -0.39 is 0 Å². The molecule has 0 spiro atoms. The third-order valence-electron chi connectivity index (χ3n) is 16.8. The van der Waals surface area contributed by atoms with Gasteiger partial charge in [-0.1, -0.05) is 394 Å². The van der Waals surface area contributed by atoms with Gasteiger partial charge in [0.05, 0.1) is 6.61 Å². The second-order valence-corrected chi connectivity index (χ2v) is 25.1. The number of rotatable bonds is 68. The molecular weight excluding hydrogens is 985 g/mol. The van der Waals surface area contributed by atoms with Crippen LogP contribution in [-0.2, 0) is 28.6 Å². The topological polar surface area (TPSA) is 78.9 Å². The molecule has 0 aromatic heterocycles. The van der Waals surface area contributed by atoms with E-state index in [-0.39, 0.29) is 31.1 Å². The van der Waals surface area contributed by atoms with Gasteiger partial charge < -0.3 is 14.2 Å². The molecule has 478 valence electrons. The number of hydrogen-bond donors (Lipinski definition) is 0. The molecule has 0 aromatic rings. The van der Waals surface area contributed by atoms with Crippen molar-refractivity contribution in [2.75, 3.05) is 19.8 Å². The highest BCUT2D eigenvalue weighted by Gasteiger charge is 2.07. The number of carbonyl (C=O) groups is 3. The lowest BCUT2D eigenvalue weighted by molar-refractivity contribution is -0.152. The quantitative estimate of drug-likeness (QED) is 0.0343. The van der Waals surface area contributed by atoms with Gasteiger partial charge >= 0.3 is 17.9 Å². The van der Waals surface area contributed by atoms with E-state index in [1.165, 1.54) is 353 Å². The van der Waals surface area contributed by atoms with Gasteiger partial charge in [-0.05, 0) is 25.7 Å². The van der Waals surface area contributed by atoms with Crippen LogP contribution in [-0.4, -0.2) is 37.7 Å². The summed E-state index contributed by atoms with van der Waals surface area (Å²) in [6.07, 6.45) is 83.6. The SMILES string of the molecule is CCCCCCCCCCCCCCCCCC(=O)OCCOC(=O)CCCCCCCCCCCCCCCCC.CCCCCCCCCCCCCCCCCCOC(=O)CCCCCCCCCCCCCCCCC. The number of carbonyl (C=O) groups excluding carboxylic acids is 3. The molecular formula is C74H146O6. The highest BCUT2D eigenvalue weighted by Crippen LogP contribution is 2.19. The maximum absolute atomic E-state index is 11.9. The van der Waals surface area contributed by atoms with Crippen molar-refractivity contribution in [1.82, 2.24) is 0 Å². The van der Waals surface area contributed by atoms with Crippen molar-refractivity contribution in [3.05, 3.63) is 0 Å². The predicted molar refractivity (Wildman–Crippen MR) is 351 cm³/mol. The van der Waals surface area contributed by atoms with Gasteiger partial charge in [-0.15, -0.1) is 0 Å². The lowest BCUT2D eigenvalue weighted by Crippen LogP contribution is -2.13. The van der Waals surface area contributed by atoms with Crippen LogP contribution in [0.15, 0.2) is 0 Å². The number of hydrogen-bond acceptors (Lipinski definition) is 6. The highest BCUT2D eigenvalue weighted by atomic mass is 16.6. The summed E-state index contributed by atoms with van der Waals surface area (Å²) in [4.78, 5) is 35.7. The number of esters is 3. The molecule has 0 fully saturated rings. The van der Waals surface area contributed by atoms with Crippen molar-refractivity contribution in [1.29, 1.82) is 0 Å². The number of ether oxygens (including phenoxy) is 3. The summed E-state index contributed by atoms with van der Waals surface area (Å²) in [6, 6.07) is 0. The highest BCUT2D eigenvalue weighted by molar-refractivity contribution is 5.70. The van der Waals surface area contributed by atoms with Crippen molar-refractivity contribution in [2.45, 2.75) is 439 Å². The van der Waals surface area contributed by atoms with Gasteiger partial charge in [0.15, 0.2) is 0 Å². The fourth-order valence-electron chi connectivity index (χ4n) is 11.3. The molecule has 0 bridgehead atoms. The van der Waals surface area contributed by atoms with E-state index >= 15 is 0 Å². The molecule has 0 heterocycles. The zero-order valence-corrected chi connectivity index (χ0v) is 55.3. The van der Waals surface area contributed by atoms with Crippen LogP contribution in [0.5, 0.6) is 0 Å². The van der Waals surface area contributed by atoms with Gasteiger partial charge in [-0.25, -0.2) is 0 Å². The summed E-state index contributed by atoms with van der Waals surface area (Å²) in [5, 5.41) is 0. The first kappa shape index (κ1) is 80.5. The van der Waals surface area contributed by atoms with Gasteiger partial charge in [-0.2, -0.15) is 0 Å². The molecule has 6 nitrogen and oxygen atoms in total. The fourth-order valence-corrected chi connectivity index (χ4v) is 11.3. The first-order valence-electron chi connectivity index (χ1n) is 37.0. The largest absolute Gasteiger partial charge is 0.466 e. The molecule has 0 unspecified atom stereocenters. The Bertz CT molecular complexity index is 1110. The minimum Gasteiger partial charge on any atom is -0.466 e. The molecule has 0 radical (unpaired) electrons. The average Bonchev–Trinajstić information content (AvgIpc) is 3.46. The Morgan fingerprint density at radius 2 is 0.287 bits per heavy atom. The van der Waals surface area contributed by atoms with Crippen LogP contribution in [0.1, 0.15) is 439 Å².